The lowest BCUT2D eigenvalue weighted by molar-refractivity contribution is 0.567. The summed E-state index contributed by atoms with van der Waals surface area (Å²) in [7, 11) is 2.11. The van der Waals surface area contributed by atoms with Crippen LogP contribution in [0.15, 0.2) is 48.5 Å². The second-order valence-corrected chi connectivity index (χ2v) is 6.95. The van der Waals surface area contributed by atoms with Crippen molar-refractivity contribution in [3.05, 3.63) is 99.1 Å². The van der Waals surface area contributed by atoms with Gasteiger partial charge in [-0.05, 0) is 69.3 Å². The maximum Gasteiger partial charge on any atom is 0.148 e. The summed E-state index contributed by atoms with van der Waals surface area (Å²) in [6.07, 6.45) is 0. The standard InChI is InChI=1S/C26H20BF2/c1-17-13-22(14-18(2)26(17)27-4)11-9-20-5-7-21(8-6-20)10-12-23-15-24(28)19(3)25(29)16-23/h5-8,13-16H,1-4H3. The summed E-state index contributed by atoms with van der Waals surface area (Å²) >= 11 is 0. The minimum atomic E-state index is -0.588. The van der Waals surface area contributed by atoms with Crippen LogP contribution in [0.5, 0.6) is 0 Å². The maximum atomic E-state index is 13.6. The Bertz CT molecular complexity index is 1140. The molecule has 0 saturated heterocycles. The fraction of sp³-hybridized carbons (Fsp3) is 0.154. The maximum absolute atomic E-state index is 13.6. The zero-order valence-electron chi connectivity index (χ0n) is 17.0. The van der Waals surface area contributed by atoms with E-state index in [1.807, 2.05) is 31.1 Å². The molecule has 0 aromatic heterocycles. The van der Waals surface area contributed by atoms with Gasteiger partial charge in [0.1, 0.15) is 18.9 Å². The molecule has 3 rings (SSSR count). The molecule has 3 heteroatoms. The van der Waals surface area contributed by atoms with Gasteiger partial charge in [0.05, 0.1) is 0 Å². The topological polar surface area (TPSA) is 0 Å². The van der Waals surface area contributed by atoms with Crippen LogP contribution in [0.3, 0.4) is 0 Å². The average Bonchev–Trinajstić information content (AvgIpc) is 2.69. The van der Waals surface area contributed by atoms with Crippen molar-refractivity contribution in [2.75, 3.05) is 0 Å². The lowest BCUT2D eigenvalue weighted by atomic mass is 9.68. The molecule has 0 spiro atoms. The van der Waals surface area contributed by atoms with Gasteiger partial charge in [-0.3, -0.25) is 0 Å². The highest BCUT2D eigenvalue weighted by atomic mass is 19.1. The van der Waals surface area contributed by atoms with Crippen LogP contribution in [0, 0.1) is 56.1 Å². The predicted molar refractivity (Wildman–Crippen MR) is 117 cm³/mol. The summed E-state index contributed by atoms with van der Waals surface area (Å²) in [6, 6.07) is 14.2. The van der Waals surface area contributed by atoms with E-state index in [4.69, 9.17) is 0 Å². The monoisotopic (exact) mass is 381 g/mol. The Hall–Kier alpha value is -3.30. The molecule has 0 atom stereocenters. The van der Waals surface area contributed by atoms with Gasteiger partial charge < -0.3 is 0 Å². The number of hydrogen-bond donors (Lipinski definition) is 0. The molecular weight excluding hydrogens is 361 g/mol. The average molecular weight is 381 g/mol. The Balaban J connectivity index is 1.78. The highest BCUT2D eigenvalue weighted by Gasteiger charge is 2.05. The quantitative estimate of drug-likeness (QED) is 0.408. The third kappa shape index (κ3) is 4.95. The minimum absolute atomic E-state index is 0.00586. The molecule has 0 bridgehead atoms. The lowest BCUT2D eigenvalue weighted by Gasteiger charge is -2.07. The lowest BCUT2D eigenvalue weighted by Crippen LogP contribution is -2.18. The van der Waals surface area contributed by atoms with E-state index >= 15 is 0 Å². The van der Waals surface area contributed by atoms with Crippen LogP contribution in [0.4, 0.5) is 8.78 Å². The van der Waals surface area contributed by atoms with Gasteiger partial charge in [0.2, 0.25) is 0 Å². The molecule has 0 nitrogen and oxygen atoms in total. The van der Waals surface area contributed by atoms with Gasteiger partial charge in [0.15, 0.2) is 0 Å². The van der Waals surface area contributed by atoms with Gasteiger partial charge >= 0.3 is 0 Å². The number of rotatable bonds is 1. The molecule has 0 heterocycles. The molecule has 0 aliphatic rings. The van der Waals surface area contributed by atoms with E-state index in [0.29, 0.717) is 5.56 Å². The van der Waals surface area contributed by atoms with E-state index in [1.165, 1.54) is 35.6 Å². The van der Waals surface area contributed by atoms with E-state index in [1.54, 1.807) is 0 Å². The van der Waals surface area contributed by atoms with E-state index in [-0.39, 0.29) is 5.56 Å². The fourth-order valence-corrected chi connectivity index (χ4v) is 3.15. The second kappa shape index (κ2) is 8.81. The molecule has 29 heavy (non-hydrogen) atoms. The normalized spacial score (nSPS) is 9.86. The van der Waals surface area contributed by atoms with Crippen molar-refractivity contribution < 1.29 is 8.78 Å². The predicted octanol–water partition coefficient (Wildman–Crippen LogP) is 5.07. The van der Waals surface area contributed by atoms with Crippen LogP contribution in [-0.2, 0) is 0 Å². The Morgan fingerprint density at radius 3 is 1.41 bits per heavy atom. The van der Waals surface area contributed by atoms with Crippen molar-refractivity contribution >= 4 is 12.7 Å². The molecule has 1 radical (unpaired) electrons. The second-order valence-electron chi connectivity index (χ2n) is 6.95. The largest absolute Gasteiger partial charge is 0.207 e. The zero-order chi connectivity index (χ0) is 21.0. The summed E-state index contributed by atoms with van der Waals surface area (Å²) in [4.78, 5) is 0. The molecule has 0 amide bonds. The van der Waals surface area contributed by atoms with Gasteiger partial charge in [-0.2, -0.15) is 0 Å². The molecule has 0 aliphatic carbocycles. The first-order chi connectivity index (χ1) is 13.9. The Morgan fingerprint density at radius 1 is 0.621 bits per heavy atom. The molecular formula is C26H20BF2. The Morgan fingerprint density at radius 2 is 1.00 bits per heavy atom. The Kier molecular flexibility index (Phi) is 6.21. The van der Waals surface area contributed by atoms with Crippen LogP contribution in [-0.4, -0.2) is 7.28 Å². The molecule has 3 aromatic carbocycles. The molecule has 0 fully saturated rings. The van der Waals surface area contributed by atoms with Crippen molar-refractivity contribution in [2.24, 2.45) is 0 Å². The molecule has 3 aromatic rings. The highest BCUT2D eigenvalue weighted by Crippen LogP contribution is 2.13. The molecule has 0 saturated carbocycles. The SMILES string of the molecule is C[B]c1c(C)cc(C#Cc2ccc(C#Cc3cc(F)c(C)c(F)c3)cc2)cc1C. The van der Waals surface area contributed by atoms with Crippen LogP contribution in [0.1, 0.15) is 38.9 Å². The van der Waals surface area contributed by atoms with Crippen molar-refractivity contribution in [3.8, 4) is 23.7 Å². The van der Waals surface area contributed by atoms with Crippen LogP contribution in [0.2, 0.25) is 6.82 Å². The van der Waals surface area contributed by atoms with Crippen molar-refractivity contribution in [2.45, 2.75) is 27.6 Å². The molecule has 0 unspecified atom stereocenters. The van der Waals surface area contributed by atoms with Crippen molar-refractivity contribution in [1.82, 2.24) is 0 Å². The number of halogens is 2. The first-order valence-corrected chi connectivity index (χ1v) is 9.37. The van der Waals surface area contributed by atoms with Gasteiger partial charge in [0, 0.05) is 27.8 Å². The molecule has 141 valence electrons. The molecule has 0 N–H and O–H groups in total. The van der Waals surface area contributed by atoms with E-state index in [0.717, 1.165) is 16.7 Å². The van der Waals surface area contributed by atoms with Crippen molar-refractivity contribution in [3.63, 3.8) is 0 Å². The fourth-order valence-electron chi connectivity index (χ4n) is 3.15. The smallest absolute Gasteiger partial charge is 0.148 e. The number of benzene rings is 3. The van der Waals surface area contributed by atoms with E-state index in [2.05, 4.69) is 56.9 Å². The summed E-state index contributed by atoms with van der Waals surface area (Å²) in [6.45, 7) is 7.62. The van der Waals surface area contributed by atoms with Crippen LogP contribution >= 0.6 is 0 Å². The summed E-state index contributed by atoms with van der Waals surface area (Å²) in [5, 5.41) is 0. The third-order valence-electron chi connectivity index (χ3n) is 4.75. The third-order valence-corrected chi connectivity index (χ3v) is 4.75. The van der Waals surface area contributed by atoms with E-state index < -0.39 is 11.6 Å². The van der Waals surface area contributed by atoms with Crippen molar-refractivity contribution in [1.29, 1.82) is 0 Å². The first kappa shape index (κ1) is 20.4. The van der Waals surface area contributed by atoms with Gasteiger partial charge in [-0.25, -0.2) is 8.78 Å². The van der Waals surface area contributed by atoms with Gasteiger partial charge in [0.25, 0.3) is 0 Å². The zero-order valence-corrected chi connectivity index (χ0v) is 17.0. The summed E-state index contributed by atoms with van der Waals surface area (Å²) in [5.74, 6) is 10.9. The summed E-state index contributed by atoms with van der Waals surface area (Å²) in [5.41, 5.74) is 6.62. The molecule has 0 aliphatic heterocycles. The van der Waals surface area contributed by atoms with E-state index in [9.17, 15) is 8.78 Å². The Labute approximate surface area is 172 Å². The summed E-state index contributed by atoms with van der Waals surface area (Å²) < 4.78 is 27.2. The number of aryl methyl sites for hydroxylation is 2. The van der Waals surface area contributed by atoms with Crippen LogP contribution in [0.25, 0.3) is 0 Å². The van der Waals surface area contributed by atoms with Gasteiger partial charge in [-0.15, -0.1) is 0 Å². The minimum Gasteiger partial charge on any atom is -0.207 e. The van der Waals surface area contributed by atoms with Gasteiger partial charge in [-0.1, -0.05) is 47.1 Å². The first-order valence-electron chi connectivity index (χ1n) is 9.37. The highest BCUT2D eigenvalue weighted by molar-refractivity contribution is 6.53. The number of hydrogen-bond acceptors (Lipinski definition) is 0. The van der Waals surface area contributed by atoms with Crippen LogP contribution < -0.4 is 5.46 Å².